The van der Waals surface area contributed by atoms with Gasteiger partial charge >= 0.3 is 0 Å². The fraction of sp³-hybridized carbons (Fsp3) is 0.267. The van der Waals surface area contributed by atoms with Gasteiger partial charge in [0.1, 0.15) is 16.6 Å². The number of hydrogen-bond donors (Lipinski definition) is 2. The first-order chi connectivity index (χ1) is 10.2. The first-order valence-electron chi connectivity index (χ1n) is 6.70. The summed E-state index contributed by atoms with van der Waals surface area (Å²) in [7, 11) is 0. The molecule has 0 aromatic carbocycles. The summed E-state index contributed by atoms with van der Waals surface area (Å²) in [5.41, 5.74) is 7.65. The average Bonchev–Trinajstić information content (AvgIpc) is 3.30. The predicted molar refractivity (Wildman–Crippen MR) is 82.1 cm³/mol. The molecule has 2 aromatic rings. The molecule has 0 bridgehead atoms. The Balaban J connectivity index is 1.83. The standard InChI is InChI=1S/C15H14N4OS/c16-6-11-12(17)14(13(20)10-3-4-10)21-15(11)19-8-9-2-1-5-18-7-9/h1-2,5,7,10,19H,3-4,8,17H2. The summed E-state index contributed by atoms with van der Waals surface area (Å²) < 4.78 is 0. The molecule has 3 N–H and O–H groups in total. The summed E-state index contributed by atoms with van der Waals surface area (Å²) in [5, 5.41) is 13.1. The van der Waals surface area contributed by atoms with E-state index in [1.165, 1.54) is 11.3 Å². The molecule has 1 aliphatic rings. The van der Waals surface area contributed by atoms with Gasteiger partial charge in [0.25, 0.3) is 0 Å². The Morgan fingerprint density at radius 2 is 2.38 bits per heavy atom. The molecule has 0 radical (unpaired) electrons. The Bertz CT molecular complexity index is 713. The summed E-state index contributed by atoms with van der Waals surface area (Å²) in [4.78, 5) is 16.7. The van der Waals surface area contributed by atoms with E-state index in [1.807, 2.05) is 12.1 Å². The molecular weight excluding hydrogens is 284 g/mol. The molecule has 1 fully saturated rings. The van der Waals surface area contributed by atoms with E-state index in [1.54, 1.807) is 12.4 Å². The maximum Gasteiger partial charge on any atom is 0.178 e. The number of rotatable bonds is 5. The summed E-state index contributed by atoms with van der Waals surface area (Å²) in [5.74, 6) is 0.173. The molecule has 0 unspecified atom stereocenters. The number of nitrogens with zero attached hydrogens (tertiary/aromatic N) is 2. The number of carbonyl (C=O) groups is 1. The Hall–Kier alpha value is -2.39. The number of nitrogens with one attached hydrogen (secondary N) is 1. The monoisotopic (exact) mass is 298 g/mol. The number of pyridine rings is 1. The summed E-state index contributed by atoms with van der Waals surface area (Å²) in [6.45, 7) is 0.541. The van der Waals surface area contributed by atoms with Crippen LogP contribution >= 0.6 is 11.3 Å². The van der Waals surface area contributed by atoms with Gasteiger partial charge in [-0.1, -0.05) is 6.07 Å². The van der Waals surface area contributed by atoms with Gasteiger partial charge in [-0.3, -0.25) is 9.78 Å². The number of thiophene rings is 1. The minimum Gasteiger partial charge on any atom is -0.396 e. The molecule has 3 rings (SSSR count). The highest BCUT2D eigenvalue weighted by molar-refractivity contribution is 7.19. The number of hydrogen-bond acceptors (Lipinski definition) is 6. The Kier molecular flexibility index (Phi) is 3.59. The summed E-state index contributed by atoms with van der Waals surface area (Å²) in [6, 6.07) is 5.89. The molecule has 0 aliphatic heterocycles. The number of nitriles is 1. The van der Waals surface area contributed by atoms with E-state index >= 15 is 0 Å². The Morgan fingerprint density at radius 3 is 3.00 bits per heavy atom. The third-order valence-corrected chi connectivity index (χ3v) is 4.58. The van der Waals surface area contributed by atoms with Crippen LogP contribution in [0, 0.1) is 17.2 Å². The lowest BCUT2D eigenvalue weighted by molar-refractivity contribution is 0.0972. The van der Waals surface area contributed by atoms with Gasteiger partial charge in [-0.15, -0.1) is 11.3 Å². The van der Waals surface area contributed by atoms with E-state index < -0.39 is 0 Å². The average molecular weight is 298 g/mol. The molecule has 106 valence electrons. The van der Waals surface area contributed by atoms with Crippen LogP contribution in [0.25, 0.3) is 0 Å². The van der Waals surface area contributed by atoms with Gasteiger partial charge in [-0.25, -0.2) is 0 Å². The van der Waals surface area contributed by atoms with Crippen LogP contribution in [-0.4, -0.2) is 10.8 Å². The topological polar surface area (TPSA) is 91.8 Å². The van der Waals surface area contributed by atoms with Crippen molar-refractivity contribution in [1.29, 1.82) is 5.26 Å². The molecule has 0 atom stereocenters. The van der Waals surface area contributed by atoms with Gasteiger partial charge in [0, 0.05) is 24.9 Å². The second-order valence-corrected chi connectivity index (χ2v) is 6.03. The van der Waals surface area contributed by atoms with Crippen molar-refractivity contribution < 1.29 is 4.79 Å². The normalized spacial score (nSPS) is 13.7. The Morgan fingerprint density at radius 1 is 1.57 bits per heavy atom. The number of anilines is 2. The van der Waals surface area contributed by atoms with Crippen molar-refractivity contribution in [1.82, 2.24) is 4.98 Å². The number of Topliss-reactive ketones (excluding diaryl/α,β-unsaturated/α-hetero) is 1. The molecular formula is C15H14N4OS. The van der Waals surface area contributed by atoms with E-state index in [2.05, 4.69) is 16.4 Å². The second kappa shape index (κ2) is 5.54. The van der Waals surface area contributed by atoms with Crippen LogP contribution in [-0.2, 0) is 6.54 Å². The lowest BCUT2D eigenvalue weighted by Crippen LogP contribution is -2.02. The summed E-state index contributed by atoms with van der Waals surface area (Å²) >= 11 is 1.28. The minimum absolute atomic E-state index is 0.0726. The van der Waals surface area contributed by atoms with Crippen molar-refractivity contribution in [3.63, 3.8) is 0 Å². The molecule has 0 saturated heterocycles. The molecule has 2 heterocycles. The van der Waals surface area contributed by atoms with Crippen molar-refractivity contribution in [2.24, 2.45) is 5.92 Å². The first kappa shape index (κ1) is 13.6. The number of nitrogen functional groups attached to an aromatic ring is 1. The van der Waals surface area contributed by atoms with Gasteiger partial charge in [0.2, 0.25) is 0 Å². The molecule has 0 spiro atoms. The number of aromatic nitrogens is 1. The highest BCUT2D eigenvalue weighted by atomic mass is 32.1. The molecule has 21 heavy (non-hydrogen) atoms. The number of nitrogens with two attached hydrogens (primary N) is 1. The van der Waals surface area contributed by atoms with E-state index in [0.717, 1.165) is 18.4 Å². The van der Waals surface area contributed by atoms with Gasteiger partial charge in [-0.2, -0.15) is 5.26 Å². The largest absolute Gasteiger partial charge is 0.396 e. The van der Waals surface area contributed by atoms with Gasteiger partial charge in [0.05, 0.1) is 10.6 Å². The van der Waals surface area contributed by atoms with Crippen LogP contribution in [0.5, 0.6) is 0 Å². The van der Waals surface area contributed by atoms with E-state index in [-0.39, 0.29) is 11.7 Å². The number of carbonyl (C=O) groups excluding carboxylic acids is 1. The summed E-state index contributed by atoms with van der Waals surface area (Å²) in [6.07, 6.45) is 5.32. The van der Waals surface area contributed by atoms with Gasteiger partial charge in [0.15, 0.2) is 5.78 Å². The zero-order valence-corrected chi connectivity index (χ0v) is 12.1. The van der Waals surface area contributed by atoms with Crippen LogP contribution in [0.4, 0.5) is 10.7 Å². The quantitative estimate of drug-likeness (QED) is 0.828. The van der Waals surface area contributed by atoms with Crippen LogP contribution in [0.2, 0.25) is 0 Å². The van der Waals surface area contributed by atoms with Crippen molar-refractivity contribution in [3.8, 4) is 6.07 Å². The van der Waals surface area contributed by atoms with Crippen molar-refractivity contribution in [2.45, 2.75) is 19.4 Å². The SMILES string of the molecule is N#Cc1c(NCc2cccnc2)sc(C(=O)C2CC2)c1N. The Labute approximate surface area is 126 Å². The fourth-order valence-electron chi connectivity index (χ4n) is 2.08. The zero-order chi connectivity index (χ0) is 14.8. The van der Waals surface area contributed by atoms with Crippen LogP contribution in [0.1, 0.15) is 33.6 Å². The van der Waals surface area contributed by atoms with Crippen LogP contribution in [0.3, 0.4) is 0 Å². The van der Waals surface area contributed by atoms with Crippen molar-refractivity contribution in [2.75, 3.05) is 11.1 Å². The van der Waals surface area contributed by atoms with Crippen LogP contribution in [0.15, 0.2) is 24.5 Å². The molecule has 6 heteroatoms. The highest BCUT2D eigenvalue weighted by Crippen LogP contribution is 2.41. The molecule has 1 aliphatic carbocycles. The predicted octanol–water partition coefficient (Wildman–Crippen LogP) is 2.80. The van der Waals surface area contributed by atoms with E-state index in [4.69, 9.17) is 5.73 Å². The van der Waals surface area contributed by atoms with Gasteiger partial charge < -0.3 is 11.1 Å². The van der Waals surface area contributed by atoms with E-state index in [0.29, 0.717) is 27.7 Å². The van der Waals surface area contributed by atoms with Crippen molar-refractivity contribution in [3.05, 3.63) is 40.5 Å². The third-order valence-electron chi connectivity index (χ3n) is 3.40. The molecule has 1 saturated carbocycles. The maximum atomic E-state index is 12.2. The first-order valence-corrected chi connectivity index (χ1v) is 7.51. The smallest absolute Gasteiger partial charge is 0.178 e. The van der Waals surface area contributed by atoms with Gasteiger partial charge in [-0.05, 0) is 24.5 Å². The van der Waals surface area contributed by atoms with Crippen molar-refractivity contribution >= 4 is 27.8 Å². The zero-order valence-electron chi connectivity index (χ0n) is 11.3. The molecule has 0 amide bonds. The lowest BCUT2D eigenvalue weighted by Gasteiger charge is -2.03. The fourth-order valence-corrected chi connectivity index (χ4v) is 3.16. The number of ketones is 1. The molecule has 5 nitrogen and oxygen atoms in total. The maximum absolute atomic E-state index is 12.2. The van der Waals surface area contributed by atoms with Crippen LogP contribution < -0.4 is 11.1 Å². The third kappa shape index (κ3) is 2.73. The second-order valence-electron chi connectivity index (χ2n) is 5.01. The minimum atomic E-state index is 0.0726. The van der Waals surface area contributed by atoms with E-state index in [9.17, 15) is 10.1 Å². The molecule has 2 aromatic heterocycles. The highest BCUT2D eigenvalue weighted by Gasteiger charge is 2.34. The lowest BCUT2D eigenvalue weighted by atomic mass is 10.1.